The minimum atomic E-state index is -3.96. The van der Waals surface area contributed by atoms with E-state index >= 15 is 0 Å². The molecule has 2 N–H and O–H groups in total. The Morgan fingerprint density at radius 2 is 1.59 bits per heavy atom. The van der Waals surface area contributed by atoms with Crippen LogP contribution in [0.5, 0.6) is 11.5 Å². The van der Waals surface area contributed by atoms with Crippen molar-refractivity contribution in [3.8, 4) is 11.5 Å². The molecule has 0 unspecified atom stereocenters. The lowest BCUT2D eigenvalue weighted by molar-refractivity contribution is -0.117. The maximum absolute atomic E-state index is 13.0. The number of anilines is 1. The smallest absolute Gasteiger partial charge is 0.269 e. The zero-order chi connectivity index (χ0) is 24.1. The fraction of sp³-hybridized carbons (Fsp3) is 0.0800. The van der Waals surface area contributed by atoms with E-state index in [1.807, 2.05) is 18.2 Å². The average molecular weight is 476 g/mol. The van der Waals surface area contributed by atoms with E-state index in [9.17, 15) is 18.3 Å². The number of hydrogen-bond donors (Lipinski definition) is 2. The van der Waals surface area contributed by atoms with Crippen LogP contribution in [0.3, 0.4) is 0 Å². The summed E-state index contributed by atoms with van der Waals surface area (Å²) in [5.41, 5.74) is 0.934. The monoisotopic (exact) mass is 475 g/mol. The van der Waals surface area contributed by atoms with Gasteiger partial charge in [-0.3, -0.25) is 9.52 Å². The number of fused-ring (bicyclic) bond motifs is 1. The number of benzene rings is 4. The van der Waals surface area contributed by atoms with Crippen molar-refractivity contribution >= 4 is 38.1 Å². The molecule has 8 nitrogen and oxygen atoms in total. The van der Waals surface area contributed by atoms with Gasteiger partial charge in [0.15, 0.2) is 5.75 Å². The second-order valence-electron chi connectivity index (χ2n) is 7.37. The first-order valence-electron chi connectivity index (χ1n) is 10.3. The molecule has 4 aromatic rings. The second kappa shape index (κ2) is 9.72. The third-order valence-electron chi connectivity index (χ3n) is 5.08. The Balaban J connectivity index is 1.68. The summed E-state index contributed by atoms with van der Waals surface area (Å²) in [5, 5.41) is 19.1. The SMILES string of the molecule is COc1ccc(S(=O)(=O)Nc2cc(N=NC(=O)Cc3ccccc3)c(O)c3ccccc23)cc1. The molecule has 0 aliphatic rings. The average Bonchev–Trinajstić information content (AvgIpc) is 2.85. The number of rotatable bonds is 7. The number of hydrogen-bond acceptors (Lipinski definition) is 6. The number of nitrogens with one attached hydrogen (secondary N) is 1. The Morgan fingerprint density at radius 1 is 0.941 bits per heavy atom. The third kappa shape index (κ3) is 5.05. The van der Waals surface area contributed by atoms with E-state index in [0.717, 1.165) is 5.56 Å². The first-order chi connectivity index (χ1) is 16.4. The molecule has 0 atom stereocenters. The zero-order valence-corrected chi connectivity index (χ0v) is 19.0. The van der Waals surface area contributed by atoms with Gasteiger partial charge in [-0.1, -0.05) is 54.6 Å². The number of amides is 1. The number of nitrogens with zero attached hydrogens (tertiary/aromatic N) is 2. The number of aromatic hydroxyl groups is 1. The maximum Gasteiger partial charge on any atom is 0.269 e. The Kier molecular flexibility index (Phi) is 6.55. The third-order valence-corrected chi connectivity index (χ3v) is 6.46. The molecular weight excluding hydrogens is 454 g/mol. The van der Waals surface area contributed by atoms with E-state index in [1.165, 1.54) is 25.3 Å². The molecule has 0 saturated carbocycles. The molecule has 0 radical (unpaired) electrons. The van der Waals surface area contributed by atoms with Crippen LogP contribution < -0.4 is 9.46 Å². The second-order valence-corrected chi connectivity index (χ2v) is 9.06. The molecule has 0 saturated heterocycles. The molecule has 0 spiro atoms. The van der Waals surface area contributed by atoms with Crippen LogP contribution in [0.2, 0.25) is 0 Å². The molecular formula is C25H21N3O5S. The highest BCUT2D eigenvalue weighted by Gasteiger charge is 2.19. The lowest BCUT2D eigenvalue weighted by atomic mass is 10.1. The van der Waals surface area contributed by atoms with Gasteiger partial charge in [-0.2, -0.15) is 0 Å². The van der Waals surface area contributed by atoms with E-state index < -0.39 is 15.9 Å². The highest BCUT2D eigenvalue weighted by Crippen LogP contribution is 2.40. The van der Waals surface area contributed by atoms with Crippen molar-refractivity contribution in [2.45, 2.75) is 11.3 Å². The van der Waals surface area contributed by atoms with Crippen LogP contribution >= 0.6 is 0 Å². The van der Waals surface area contributed by atoms with Gasteiger partial charge in [0.1, 0.15) is 11.4 Å². The highest BCUT2D eigenvalue weighted by atomic mass is 32.2. The molecule has 0 aliphatic carbocycles. The van der Waals surface area contributed by atoms with Crippen LogP contribution in [0.1, 0.15) is 5.56 Å². The summed E-state index contributed by atoms with van der Waals surface area (Å²) in [5.74, 6) is -0.185. The normalized spacial score (nSPS) is 11.6. The molecule has 0 aromatic heterocycles. The van der Waals surface area contributed by atoms with Crippen LogP contribution in [0, 0.1) is 0 Å². The number of phenols is 1. The first kappa shape index (κ1) is 22.9. The Hall–Kier alpha value is -4.24. The Bertz CT molecular complexity index is 1470. The number of carbonyl (C=O) groups is 1. The van der Waals surface area contributed by atoms with Gasteiger partial charge >= 0.3 is 0 Å². The van der Waals surface area contributed by atoms with Crippen LogP contribution in [-0.2, 0) is 21.2 Å². The number of carbonyl (C=O) groups excluding carboxylic acids is 1. The maximum atomic E-state index is 13.0. The fourth-order valence-corrected chi connectivity index (χ4v) is 4.45. The van der Waals surface area contributed by atoms with Crippen LogP contribution in [0.4, 0.5) is 11.4 Å². The van der Waals surface area contributed by atoms with Crippen molar-refractivity contribution in [3.63, 3.8) is 0 Å². The molecule has 34 heavy (non-hydrogen) atoms. The molecule has 0 fully saturated rings. The minimum Gasteiger partial charge on any atom is -0.505 e. The summed E-state index contributed by atoms with van der Waals surface area (Å²) in [7, 11) is -2.47. The van der Waals surface area contributed by atoms with Crippen molar-refractivity contribution in [3.05, 3.63) is 90.5 Å². The quantitative estimate of drug-likeness (QED) is 0.281. The predicted octanol–water partition coefficient (Wildman–Crippen LogP) is 5.21. The summed E-state index contributed by atoms with van der Waals surface area (Å²) in [6.45, 7) is 0. The van der Waals surface area contributed by atoms with Crippen molar-refractivity contribution < 1.29 is 23.1 Å². The standard InChI is InChI=1S/C25H21N3O5S/c1-33-18-11-13-19(14-12-18)34(31,32)28-22-16-23(25(30)21-10-6-5-9-20(21)22)26-27-24(29)15-17-7-3-2-4-8-17/h2-14,16,28,30H,15H2,1H3. The number of ether oxygens (including phenoxy) is 1. The van der Waals surface area contributed by atoms with E-state index in [2.05, 4.69) is 15.0 Å². The summed E-state index contributed by atoms with van der Waals surface area (Å²) in [6.07, 6.45) is 0.0512. The van der Waals surface area contributed by atoms with Crippen molar-refractivity contribution in [1.29, 1.82) is 0 Å². The summed E-state index contributed by atoms with van der Waals surface area (Å²) in [6, 6.07) is 23.1. The molecule has 0 bridgehead atoms. The summed E-state index contributed by atoms with van der Waals surface area (Å²) >= 11 is 0. The number of methoxy groups -OCH3 is 1. The van der Waals surface area contributed by atoms with Gasteiger partial charge in [-0.05, 0) is 35.9 Å². The number of sulfonamides is 1. The van der Waals surface area contributed by atoms with E-state index in [0.29, 0.717) is 16.5 Å². The zero-order valence-electron chi connectivity index (χ0n) is 18.2. The van der Waals surface area contributed by atoms with Crippen LogP contribution in [-0.4, -0.2) is 26.5 Å². The van der Waals surface area contributed by atoms with Crippen LogP contribution in [0.15, 0.2) is 100 Å². The predicted molar refractivity (Wildman–Crippen MR) is 129 cm³/mol. The molecule has 172 valence electrons. The molecule has 0 aliphatic heterocycles. The van der Waals surface area contributed by atoms with E-state index in [4.69, 9.17) is 4.74 Å². The van der Waals surface area contributed by atoms with Gasteiger partial charge in [-0.15, -0.1) is 10.2 Å². The Morgan fingerprint density at radius 3 is 2.26 bits per heavy atom. The largest absolute Gasteiger partial charge is 0.505 e. The van der Waals surface area contributed by atoms with E-state index in [-0.39, 0.29) is 28.4 Å². The topological polar surface area (TPSA) is 117 Å². The highest BCUT2D eigenvalue weighted by molar-refractivity contribution is 7.92. The van der Waals surface area contributed by atoms with Crippen LogP contribution in [0.25, 0.3) is 10.8 Å². The van der Waals surface area contributed by atoms with Crippen molar-refractivity contribution in [2.75, 3.05) is 11.8 Å². The van der Waals surface area contributed by atoms with Crippen molar-refractivity contribution in [2.24, 2.45) is 10.2 Å². The lowest BCUT2D eigenvalue weighted by Gasteiger charge is -2.13. The lowest BCUT2D eigenvalue weighted by Crippen LogP contribution is -2.13. The fourth-order valence-electron chi connectivity index (χ4n) is 3.38. The van der Waals surface area contributed by atoms with Gasteiger partial charge in [0, 0.05) is 10.8 Å². The molecule has 4 rings (SSSR count). The molecule has 0 heterocycles. The Labute approximate surface area is 196 Å². The number of phenolic OH excluding ortho intramolecular Hbond substituents is 1. The molecule has 4 aromatic carbocycles. The molecule has 1 amide bonds. The minimum absolute atomic E-state index is 0.0340. The summed E-state index contributed by atoms with van der Waals surface area (Å²) < 4.78 is 33.6. The van der Waals surface area contributed by atoms with Gasteiger partial charge in [0.2, 0.25) is 0 Å². The first-order valence-corrected chi connectivity index (χ1v) is 11.8. The van der Waals surface area contributed by atoms with Crippen molar-refractivity contribution in [1.82, 2.24) is 0 Å². The van der Waals surface area contributed by atoms with E-state index in [1.54, 1.807) is 48.5 Å². The molecule has 9 heteroatoms. The van der Waals surface area contributed by atoms with Gasteiger partial charge in [0.25, 0.3) is 15.9 Å². The van der Waals surface area contributed by atoms with Gasteiger partial charge in [-0.25, -0.2) is 8.42 Å². The summed E-state index contributed by atoms with van der Waals surface area (Å²) in [4.78, 5) is 12.3. The number of azo groups is 1. The van der Waals surface area contributed by atoms with Gasteiger partial charge in [0.05, 0.1) is 24.1 Å². The van der Waals surface area contributed by atoms with Gasteiger partial charge < -0.3 is 9.84 Å².